The van der Waals surface area contributed by atoms with Gasteiger partial charge in [-0.1, -0.05) is 23.2 Å². The Labute approximate surface area is 150 Å². The molecule has 0 saturated heterocycles. The number of halogens is 2. The van der Waals surface area contributed by atoms with E-state index in [1.54, 1.807) is 32.9 Å². The number of ether oxygens (including phenoxy) is 2. The third-order valence-corrected chi connectivity index (χ3v) is 3.95. The maximum atomic E-state index is 12.4. The predicted molar refractivity (Wildman–Crippen MR) is 91.4 cm³/mol. The minimum Gasteiger partial charge on any atom is -0.494 e. The van der Waals surface area contributed by atoms with E-state index in [-0.39, 0.29) is 16.1 Å². The SMILES string of the molecule is COc1c(Cl)cc(C2NC(=O)NC(C)=C2C(=O)OC(C)C)cc1Cl. The molecule has 2 amide bonds. The number of carbonyl (C=O) groups is 2. The average Bonchev–Trinajstić information content (AvgIpc) is 2.44. The van der Waals surface area contributed by atoms with Gasteiger partial charge < -0.3 is 20.1 Å². The van der Waals surface area contributed by atoms with E-state index in [9.17, 15) is 9.59 Å². The Morgan fingerprint density at radius 2 is 1.83 bits per heavy atom. The van der Waals surface area contributed by atoms with Crippen LogP contribution in [0.4, 0.5) is 4.79 Å². The summed E-state index contributed by atoms with van der Waals surface area (Å²) in [6.45, 7) is 5.13. The lowest BCUT2D eigenvalue weighted by molar-refractivity contribution is -0.143. The van der Waals surface area contributed by atoms with Gasteiger partial charge in [0.25, 0.3) is 0 Å². The van der Waals surface area contributed by atoms with Crippen LogP contribution in [0.15, 0.2) is 23.4 Å². The zero-order chi connectivity index (χ0) is 18.0. The Bertz CT molecular complexity index is 693. The molecular formula is C16H18Cl2N2O4. The smallest absolute Gasteiger partial charge is 0.338 e. The van der Waals surface area contributed by atoms with E-state index in [0.29, 0.717) is 22.6 Å². The quantitative estimate of drug-likeness (QED) is 0.791. The van der Waals surface area contributed by atoms with Crippen molar-refractivity contribution in [3.63, 3.8) is 0 Å². The summed E-state index contributed by atoms with van der Waals surface area (Å²) in [5, 5.41) is 5.82. The number of carbonyl (C=O) groups excluding carboxylic acids is 2. The first-order chi connectivity index (χ1) is 11.2. The van der Waals surface area contributed by atoms with Crippen molar-refractivity contribution in [2.75, 3.05) is 7.11 Å². The lowest BCUT2D eigenvalue weighted by Gasteiger charge is -2.29. The fourth-order valence-corrected chi connectivity index (χ4v) is 3.09. The molecule has 0 fully saturated rings. The van der Waals surface area contributed by atoms with Crippen LogP contribution in [-0.2, 0) is 9.53 Å². The van der Waals surface area contributed by atoms with E-state index in [1.807, 2.05) is 0 Å². The molecule has 0 aromatic heterocycles. The summed E-state index contributed by atoms with van der Waals surface area (Å²) in [6, 6.07) is 2.03. The number of esters is 1. The van der Waals surface area contributed by atoms with Gasteiger partial charge in [-0.2, -0.15) is 0 Å². The van der Waals surface area contributed by atoms with Gasteiger partial charge in [0.1, 0.15) is 0 Å². The van der Waals surface area contributed by atoms with Crippen molar-refractivity contribution in [2.24, 2.45) is 0 Å². The predicted octanol–water partition coefficient (Wildman–Crippen LogP) is 3.58. The van der Waals surface area contributed by atoms with Crippen LogP contribution in [0.25, 0.3) is 0 Å². The highest BCUT2D eigenvalue weighted by Gasteiger charge is 2.33. The molecule has 6 nitrogen and oxygen atoms in total. The molecule has 0 radical (unpaired) electrons. The molecule has 0 aliphatic carbocycles. The summed E-state index contributed by atoms with van der Waals surface area (Å²) in [7, 11) is 1.45. The van der Waals surface area contributed by atoms with E-state index in [0.717, 1.165) is 0 Å². The molecule has 0 bridgehead atoms. The van der Waals surface area contributed by atoms with Crippen LogP contribution in [-0.4, -0.2) is 25.2 Å². The third-order valence-electron chi connectivity index (χ3n) is 3.39. The number of allylic oxidation sites excluding steroid dienone is 1. The molecule has 2 N–H and O–H groups in total. The highest BCUT2D eigenvalue weighted by molar-refractivity contribution is 6.37. The molecule has 1 aromatic carbocycles. The molecule has 0 spiro atoms. The van der Waals surface area contributed by atoms with Crippen LogP contribution in [0.1, 0.15) is 32.4 Å². The standard InChI is InChI=1S/C16H18Cl2N2O4/c1-7(2)24-15(21)12-8(3)19-16(22)20-13(12)9-5-10(17)14(23-4)11(18)6-9/h5-7,13H,1-4H3,(H2,19,20,22). The van der Waals surface area contributed by atoms with Crippen molar-refractivity contribution in [1.29, 1.82) is 0 Å². The highest BCUT2D eigenvalue weighted by atomic mass is 35.5. The van der Waals surface area contributed by atoms with Crippen LogP contribution in [0, 0.1) is 0 Å². The van der Waals surface area contributed by atoms with Crippen molar-refractivity contribution < 1.29 is 19.1 Å². The summed E-state index contributed by atoms with van der Waals surface area (Å²) in [5.41, 5.74) is 1.26. The summed E-state index contributed by atoms with van der Waals surface area (Å²) in [4.78, 5) is 24.3. The maximum absolute atomic E-state index is 12.4. The van der Waals surface area contributed by atoms with Crippen LogP contribution >= 0.6 is 23.2 Å². The Morgan fingerprint density at radius 1 is 1.25 bits per heavy atom. The first kappa shape index (κ1) is 18.4. The molecule has 1 aliphatic heterocycles. The normalized spacial score (nSPS) is 17.5. The van der Waals surface area contributed by atoms with Gasteiger partial charge >= 0.3 is 12.0 Å². The molecule has 2 rings (SSSR count). The highest BCUT2D eigenvalue weighted by Crippen LogP contribution is 2.38. The second-order valence-electron chi connectivity index (χ2n) is 5.54. The molecule has 1 aliphatic rings. The number of nitrogens with one attached hydrogen (secondary N) is 2. The molecular weight excluding hydrogens is 355 g/mol. The van der Waals surface area contributed by atoms with Gasteiger partial charge in [0.05, 0.1) is 34.9 Å². The minimum atomic E-state index is -0.731. The Balaban J connectivity index is 2.51. The van der Waals surface area contributed by atoms with E-state index >= 15 is 0 Å². The van der Waals surface area contributed by atoms with E-state index < -0.39 is 18.0 Å². The second-order valence-corrected chi connectivity index (χ2v) is 6.36. The van der Waals surface area contributed by atoms with Crippen LogP contribution in [0.2, 0.25) is 10.0 Å². The Morgan fingerprint density at radius 3 is 2.33 bits per heavy atom. The molecule has 8 heteroatoms. The molecule has 24 heavy (non-hydrogen) atoms. The number of hydrogen-bond donors (Lipinski definition) is 2. The van der Waals surface area contributed by atoms with Crippen LogP contribution in [0.5, 0.6) is 5.75 Å². The lowest BCUT2D eigenvalue weighted by atomic mass is 9.95. The third kappa shape index (κ3) is 3.76. The van der Waals surface area contributed by atoms with Gasteiger partial charge in [-0.15, -0.1) is 0 Å². The monoisotopic (exact) mass is 372 g/mol. The van der Waals surface area contributed by atoms with Gasteiger partial charge in [0, 0.05) is 5.70 Å². The molecule has 1 aromatic rings. The van der Waals surface area contributed by atoms with Gasteiger partial charge in [-0.3, -0.25) is 0 Å². The molecule has 1 unspecified atom stereocenters. The Hall–Kier alpha value is -1.92. The lowest BCUT2D eigenvalue weighted by Crippen LogP contribution is -2.45. The number of amides is 2. The Kier molecular flexibility index (Phi) is 5.62. The van der Waals surface area contributed by atoms with Gasteiger partial charge in [-0.05, 0) is 38.5 Å². The van der Waals surface area contributed by atoms with Crippen molar-refractivity contribution in [2.45, 2.75) is 32.9 Å². The minimum absolute atomic E-state index is 0.280. The maximum Gasteiger partial charge on any atom is 0.338 e. The largest absolute Gasteiger partial charge is 0.494 e. The van der Waals surface area contributed by atoms with Crippen molar-refractivity contribution in [3.05, 3.63) is 39.0 Å². The van der Waals surface area contributed by atoms with Gasteiger partial charge in [0.15, 0.2) is 5.75 Å². The molecule has 0 saturated carbocycles. The zero-order valence-corrected chi connectivity index (χ0v) is 15.2. The number of benzene rings is 1. The van der Waals surface area contributed by atoms with E-state index in [4.69, 9.17) is 32.7 Å². The number of methoxy groups -OCH3 is 1. The summed E-state index contributed by atoms with van der Waals surface area (Å²) in [6.07, 6.45) is -0.292. The van der Waals surface area contributed by atoms with Gasteiger partial charge in [-0.25, -0.2) is 9.59 Å². The van der Waals surface area contributed by atoms with Crippen molar-refractivity contribution >= 4 is 35.2 Å². The number of urea groups is 1. The zero-order valence-electron chi connectivity index (χ0n) is 13.7. The summed E-state index contributed by atoms with van der Waals surface area (Å²) < 4.78 is 10.4. The van der Waals surface area contributed by atoms with E-state index in [1.165, 1.54) is 7.11 Å². The molecule has 1 atom stereocenters. The summed E-state index contributed by atoms with van der Waals surface area (Å²) in [5.74, 6) is -0.197. The first-order valence-electron chi connectivity index (χ1n) is 7.26. The molecule has 130 valence electrons. The second kappa shape index (κ2) is 7.32. The van der Waals surface area contributed by atoms with E-state index in [2.05, 4.69) is 10.6 Å². The molecule has 1 heterocycles. The van der Waals surface area contributed by atoms with Crippen molar-refractivity contribution in [3.8, 4) is 5.75 Å². The summed E-state index contributed by atoms with van der Waals surface area (Å²) >= 11 is 12.3. The topological polar surface area (TPSA) is 76.7 Å². The fourth-order valence-electron chi connectivity index (χ4n) is 2.43. The average molecular weight is 373 g/mol. The number of rotatable bonds is 4. The van der Waals surface area contributed by atoms with Crippen LogP contribution in [0.3, 0.4) is 0 Å². The van der Waals surface area contributed by atoms with Crippen molar-refractivity contribution in [1.82, 2.24) is 10.6 Å². The number of hydrogen-bond acceptors (Lipinski definition) is 4. The van der Waals surface area contributed by atoms with Crippen LogP contribution < -0.4 is 15.4 Å². The fraction of sp³-hybridized carbons (Fsp3) is 0.375. The first-order valence-corrected chi connectivity index (χ1v) is 8.02. The van der Waals surface area contributed by atoms with Gasteiger partial charge in [0.2, 0.25) is 0 Å².